The van der Waals surface area contributed by atoms with Crippen molar-refractivity contribution in [1.29, 1.82) is 0 Å². The third-order valence-electron chi connectivity index (χ3n) is 2.50. The average Bonchev–Trinajstić information content (AvgIpc) is 3.05. The SMILES string of the molecule is O=C(OCCC1CC1)c1cc(Cl)ncc1Cl. The van der Waals surface area contributed by atoms with E-state index in [0.29, 0.717) is 6.61 Å². The topological polar surface area (TPSA) is 39.2 Å². The molecule has 0 radical (unpaired) electrons. The molecular formula is C11H11Cl2NO2. The first-order valence-electron chi connectivity index (χ1n) is 5.15. The Morgan fingerprint density at radius 1 is 1.50 bits per heavy atom. The van der Waals surface area contributed by atoms with Gasteiger partial charge in [0.2, 0.25) is 0 Å². The zero-order valence-electron chi connectivity index (χ0n) is 8.58. The van der Waals surface area contributed by atoms with Crippen LogP contribution in [0.1, 0.15) is 29.6 Å². The van der Waals surface area contributed by atoms with Crippen molar-refractivity contribution >= 4 is 29.2 Å². The summed E-state index contributed by atoms with van der Waals surface area (Å²) in [6, 6.07) is 1.42. The van der Waals surface area contributed by atoms with E-state index in [1.165, 1.54) is 25.1 Å². The maximum absolute atomic E-state index is 11.6. The monoisotopic (exact) mass is 259 g/mol. The second kappa shape index (κ2) is 5.02. The number of nitrogens with zero attached hydrogens (tertiary/aromatic N) is 1. The Morgan fingerprint density at radius 3 is 2.94 bits per heavy atom. The van der Waals surface area contributed by atoms with Gasteiger partial charge in [-0.2, -0.15) is 0 Å². The first-order valence-corrected chi connectivity index (χ1v) is 5.90. The van der Waals surface area contributed by atoms with Crippen LogP contribution in [0.5, 0.6) is 0 Å². The molecular weight excluding hydrogens is 249 g/mol. The van der Waals surface area contributed by atoms with Gasteiger partial charge in [-0.15, -0.1) is 0 Å². The van der Waals surface area contributed by atoms with Gasteiger partial charge in [0.25, 0.3) is 0 Å². The molecule has 0 unspecified atom stereocenters. The van der Waals surface area contributed by atoms with Gasteiger partial charge in [0.15, 0.2) is 0 Å². The summed E-state index contributed by atoms with van der Waals surface area (Å²) in [5.41, 5.74) is 0.275. The van der Waals surface area contributed by atoms with E-state index in [0.717, 1.165) is 12.3 Å². The zero-order valence-corrected chi connectivity index (χ0v) is 10.1. The zero-order chi connectivity index (χ0) is 11.5. The molecule has 1 fully saturated rings. The van der Waals surface area contributed by atoms with Gasteiger partial charge >= 0.3 is 5.97 Å². The molecule has 0 spiro atoms. The molecule has 0 N–H and O–H groups in total. The van der Waals surface area contributed by atoms with Crippen LogP contribution in [0.15, 0.2) is 12.3 Å². The van der Waals surface area contributed by atoms with Crippen LogP contribution in [0.3, 0.4) is 0 Å². The molecule has 86 valence electrons. The molecule has 1 aromatic heterocycles. The molecule has 0 saturated heterocycles. The van der Waals surface area contributed by atoms with Crippen molar-refractivity contribution in [3.05, 3.63) is 28.0 Å². The number of hydrogen-bond donors (Lipinski definition) is 0. The third-order valence-corrected chi connectivity index (χ3v) is 3.01. The van der Waals surface area contributed by atoms with E-state index in [9.17, 15) is 4.79 Å². The van der Waals surface area contributed by atoms with E-state index >= 15 is 0 Å². The third kappa shape index (κ3) is 3.09. The number of hydrogen-bond acceptors (Lipinski definition) is 3. The highest BCUT2D eigenvalue weighted by Crippen LogP contribution is 2.32. The standard InChI is InChI=1S/C11H11Cl2NO2/c12-9-6-14-10(13)5-8(9)11(15)16-4-3-7-1-2-7/h5-7H,1-4H2. The molecule has 1 aromatic rings. The van der Waals surface area contributed by atoms with Crippen LogP contribution in [-0.2, 0) is 4.74 Å². The maximum Gasteiger partial charge on any atom is 0.339 e. The fraction of sp³-hybridized carbons (Fsp3) is 0.455. The normalized spacial score (nSPS) is 14.9. The van der Waals surface area contributed by atoms with Crippen molar-refractivity contribution in [3.63, 3.8) is 0 Å². The second-order valence-corrected chi connectivity index (χ2v) is 4.65. The number of esters is 1. The van der Waals surface area contributed by atoms with Gasteiger partial charge in [0.05, 0.1) is 17.2 Å². The lowest BCUT2D eigenvalue weighted by Gasteiger charge is -2.05. The van der Waals surface area contributed by atoms with Crippen LogP contribution < -0.4 is 0 Å². The van der Waals surface area contributed by atoms with Crippen LogP contribution in [0.4, 0.5) is 0 Å². The number of pyridine rings is 1. The van der Waals surface area contributed by atoms with Gasteiger partial charge < -0.3 is 4.74 Å². The fourth-order valence-corrected chi connectivity index (χ4v) is 1.71. The van der Waals surface area contributed by atoms with Crippen LogP contribution in [0.25, 0.3) is 0 Å². The minimum absolute atomic E-state index is 0.235. The Hall–Kier alpha value is -0.800. The first-order chi connectivity index (χ1) is 7.66. The van der Waals surface area contributed by atoms with Gasteiger partial charge in [-0.05, 0) is 18.4 Å². The number of carbonyl (C=O) groups excluding carboxylic acids is 1. The predicted octanol–water partition coefficient (Wildman–Crippen LogP) is 3.35. The van der Waals surface area contributed by atoms with Crippen molar-refractivity contribution < 1.29 is 9.53 Å². The summed E-state index contributed by atoms with van der Waals surface area (Å²) < 4.78 is 5.10. The highest BCUT2D eigenvalue weighted by Gasteiger charge is 2.21. The lowest BCUT2D eigenvalue weighted by molar-refractivity contribution is 0.0495. The van der Waals surface area contributed by atoms with E-state index in [1.54, 1.807) is 0 Å². The molecule has 16 heavy (non-hydrogen) atoms. The Labute approximate surface area is 104 Å². The number of carbonyl (C=O) groups is 1. The Morgan fingerprint density at radius 2 is 2.25 bits per heavy atom. The summed E-state index contributed by atoms with van der Waals surface area (Å²) in [6.45, 7) is 0.444. The summed E-state index contributed by atoms with van der Waals surface area (Å²) >= 11 is 11.5. The van der Waals surface area contributed by atoms with Gasteiger partial charge in [-0.1, -0.05) is 36.0 Å². The van der Waals surface area contributed by atoms with Gasteiger partial charge in [-0.25, -0.2) is 9.78 Å². The molecule has 0 aromatic carbocycles. The van der Waals surface area contributed by atoms with Crippen molar-refractivity contribution in [1.82, 2.24) is 4.98 Å². The molecule has 5 heteroatoms. The van der Waals surface area contributed by atoms with Crippen molar-refractivity contribution in [2.75, 3.05) is 6.61 Å². The lowest BCUT2D eigenvalue weighted by Crippen LogP contribution is -2.08. The Balaban J connectivity index is 1.93. The summed E-state index contributed by atoms with van der Waals surface area (Å²) in [5.74, 6) is 0.305. The largest absolute Gasteiger partial charge is 0.462 e. The fourth-order valence-electron chi connectivity index (χ4n) is 1.37. The van der Waals surface area contributed by atoms with Gasteiger partial charge in [-0.3, -0.25) is 0 Å². The molecule has 3 nitrogen and oxygen atoms in total. The first kappa shape index (κ1) is 11.7. The Bertz CT molecular complexity index is 405. The highest BCUT2D eigenvalue weighted by atomic mass is 35.5. The smallest absolute Gasteiger partial charge is 0.339 e. The molecule has 1 saturated carbocycles. The minimum Gasteiger partial charge on any atom is -0.462 e. The summed E-state index contributed by atoms with van der Waals surface area (Å²) in [7, 11) is 0. The molecule has 1 heterocycles. The second-order valence-electron chi connectivity index (χ2n) is 3.85. The van der Waals surface area contributed by atoms with E-state index in [2.05, 4.69) is 4.98 Å². The van der Waals surface area contributed by atoms with Gasteiger partial charge in [0.1, 0.15) is 5.15 Å². The number of aromatic nitrogens is 1. The average molecular weight is 260 g/mol. The molecule has 1 aliphatic carbocycles. The van der Waals surface area contributed by atoms with Crippen LogP contribution >= 0.6 is 23.2 Å². The van der Waals surface area contributed by atoms with Crippen LogP contribution in [0.2, 0.25) is 10.2 Å². The van der Waals surface area contributed by atoms with E-state index in [1.807, 2.05) is 0 Å². The highest BCUT2D eigenvalue weighted by molar-refractivity contribution is 6.34. The van der Waals surface area contributed by atoms with E-state index in [-0.39, 0.29) is 15.7 Å². The number of halogens is 2. The van der Waals surface area contributed by atoms with Crippen molar-refractivity contribution in [2.45, 2.75) is 19.3 Å². The van der Waals surface area contributed by atoms with Crippen molar-refractivity contribution in [2.24, 2.45) is 5.92 Å². The molecule has 1 aliphatic rings. The Kier molecular flexibility index (Phi) is 3.66. The van der Waals surface area contributed by atoms with E-state index in [4.69, 9.17) is 27.9 Å². The molecule has 2 rings (SSSR count). The summed E-state index contributed by atoms with van der Waals surface area (Å²) in [6.07, 6.45) is 4.78. The lowest BCUT2D eigenvalue weighted by atomic mass is 10.2. The van der Waals surface area contributed by atoms with Crippen LogP contribution in [-0.4, -0.2) is 17.6 Å². The van der Waals surface area contributed by atoms with Crippen LogP contribution in [0, 0.1) is 5.92 Å². The minimum atomic E-state index is -0.435. The molecule has 0 bridgehead atoms. The predicted molar refractivity (Wildman–Crippen MR) is 61.9 cm³/mol. The molecule has 0 aliphatic heterocycles. The van der Waals surface area contributed by atoms with Gasteiger partial charge in [0, 0.05) is 6.20 Å². The number of ether oxygens (including phenoxy) is 1. The molecule has 0 atom stereocenters. The quantitative estimate of drug-likeness (QED) is 0.615. The van der Waals surface area contributed by atoms with E-state index < -0.39 is 5.97 Å². The number of rotatable bonds is 4. The summed E-state index contributed by atoms with van der Waals surface area (Å²) in [4.78, 5) is 15.4. The molecule has 0 amide bonds. The summed E-state index contributed by atoms with van der Waals surface area (Å²) in [5, 5.41) is 0.499. The maximum atomic E-state index is 11.6. The van der Waals surface area contributed by atoms with Crippen molar-refractivity contribution in [3.8, 4) is 0 Å².